The van der Waals surface area contributed by atoms with Crippen molar-refractivity contribution in [2.24, 2.45) is 11.8 Å². The van der Waals surface area contributed by atoms with Gasteiger partial charge in [-0.2, -0.15) is 0 Å². The summed E-state index contributed by atoms with van der Waals surface area (Å²) in [7, 11) is 0. The number of carbonyl (C=O) groups excluding carboxylic acids is 1. The number of benzene rings is 3. The van der Waals surface area contributed by atoms with Gasteiger partial charge < -0.3 is 9.52 Å². The van der Waals surface area contributed by atoms with Crippen LogP contribution in [0.5, 0.6) is 0 Å². The van der Waals surface area contributed by atoms with Gasteiger partial charge in [-0.15, -0.1) is 29.1 Å². The van der Waals surface area contributed by atoms with Crippen molar-refractivity contribution in [3.05, 3.63) is 83.4 Å². The maximum absolute atomic E-state index is 11.7. The average Bonchev–Trinajstić information content (AvgIpc) is 3.51. The summed E-state index contributed by atoms with van der Waals surface area (Å²) < 4.78 is 6.70. The van der Waals surface area contributed by atoms with Gasteiger partial charge in [0.1, 0.15) is 23.0 Å². The third-order valence-electron chi connectivity index (χ3n) is 10.6. The molecule has 0 spiro atoms. The van der Waals surface area contributed by atoms with Crippen LogP contribution in [0.15, 0.2) is 65.0 Å². The normalized spacial score (nSPS) is 15.3. The van der Waals surface area contributed by atoms with Crippen LogP contribution in [0.3, 0.4) is 0 Å². The van der Waals surface area contributed by atoms with E-state index in [1.54, 1.807) is 6.33 Å². The molecule has 0 aliphatic heterocycles. The van der Waals surface area contributed by atoms with E-state index >= 15 is 0 Å². The van der Waals surface area contributed by atoms with E-state index in [9.17, 15) is 9.90 Å². The fraction of sp³-hybridized carbons (Fsp3) is 0.477. The molecule has 0 bridgehead atoms. The van der Waals surface area contributed by atoms with Gasteiger partial charge in [-0.1, -0.05) is 111 Å². The van der Waals surface area contributed by atoms with E-state index in [1.807, 2.05) is 27.7 Å². The summed E-state index contributed by atoms with van der Waals surface area (Å²) >= 11 is 0. The van der Waals surface area contributed by atoms with E-state index in [-0.39, 0.29) is 59.7 Å². The molecule has 6 rings (SSSR count). The molecule has 1 radical (unpaired) electrons. The number of carbonyl (C=O) groups is 1. The number of rotatable bonds is 8. The van der Waals surface area contributed by atoms with Gasteiger partial charge in [0, 0.05) is 49.0 Å². The van der Waals surface area contributed by atoms with Crippen LogP contribution in [0.25, 0.3) is 44.1 Å². The summed E-state index contributed by atoms with van der Waals surface area (Å²) in [5, 5.41) is 13.2. The minimum Gasteiger partial charge on any atom is -0.512 e. The molecule has 0 saturated carbocycles. The van der Waals surface area contributed by atoms with Crippen molar-refractivity contribution in [2.75, 3.05) is 0 Å². The van der Waals surface area contributed by atoms with Crippen molar-refractivity contribution in [3.63, 3.8) is 0 Å². The Balaban J connectivity index is 0.000000301. The number of hydrogen-bond donors (Lipinski definition) is 1. The molecule has 5 nitrogen and oxygen atoms in total. The second-order valence-electron chi connectivity index (χ2n) is 16.2. The number of aliphatic hydroxyl groups is 1. The maximum atomic E-state index is 11.7. The number of allylic oxidation sites excluding steroid dienone is 2. The molecular formula is C44H55IrN2O3-. The van der Waals surface area contributed by atoms with Crippen molar-refractivity contribution in [3.8, 4) is 11.3 Å². The fourth-order valence-corrected chi connectivity index (χ4v) is 8.11. The molecule has 50 heavy (non-hydrogen) atoms. The van der Waals surface area contributed by atoms with Gasteiger partial charge in [-0.05, 0) is 60.0 Å². The molecule has 269 valence electrons. The van der Waals surface area contributed by atoms with Gasteiger partial charge in [-0.25, -0.2) is 4.98 Å². The van der Waals surface area contributed by atoms with Crippen LogP contribution in [0.4, 0.5) is 0 Å². The molecule has 3 aromatic carbocycles. The maximum Gasteiger partial charge on any atom is 0.162 e. The summed E-state index contributed by atoms with van der Waals surface area (Å²) in [6, 6.07) is 18.8. The number of fused-ring (bicyclic) bond motifs is 6. The Labute approximate surface area is 312 Å². The smallest absolute Gasteiger partial charge is 0.162 e. The van der Waals surface area contributed by atoms with Gasteiger partial charge >= 0.3 is 0 Å². The Morgan fingerprint density at radius 2 is 1.54 bits per heavy atom. The molecule has 1 N–H and O–H groups in total. The van der Waals surface area contributed by atoms with Gasteiger partial charge in [-0.3, -0.25) is 9.78 Å². The van der Waals surface area contributed by atoms with Crippen LogP contribution in [0, 0.1) is 17.9 Å². The predicted octanol–water partition coefficient (Wildman–Crippen LogP) is 12.1. The molecule has 0 amide bonds. The first-order chi connectivity index (χ1) is 23.1. The molecular weight excluding hydrogens is 797 g/mol. The first-order valence-corrected chi connectivity index (χ1v) is 18.2. The van der Waals surface area contributed by atoms with Crippen LogP contribution in [0.1, 0.15) is 125 Å². The number of nitrogens with zero attached hydrogens (tertiary/aromatic N) is 2. The van der Waals surface area contributed by atoms with Gasteiger partial charge in [0.15, 0.2) is 5.78 Å². The van der Waals surface area contributed by atoms with Gasteiger partial charge in [0.05, 0.1) is 11.5 Å². The second-order valence-corrected chi connectivity index (χ2v) is 16.2. The first kappa shape index (κ1) is 39.4. The Morgan fingerprint density at radius 3 is 2.16 bits per heavy atom. The summed E-state index contributed by atoms with van der Waals surface area (Å²) in [5.74, 6) is 0.547. The number of hydrogen-bond acceptors (Lipinski definition) is 5. The van der Waals surface area contributed by atoms with Crippen LogP contribution >= 0.6 is 0 Å². The zero-order valence-electron chi connectivity index (χ0n) is 31.9. The minimum atomic E-state index is -0.0140. The monoisotopic (exact) mass is 852 g/mol. The van der Waals surface area contributed by atoms with E-state index in [0.29, 0.717) is 0 Å². The second kappa shape index (κ2) is 15.1. The van der Waals surface area contributed by atoms with Crippen molar-refractivity contribution < 1.29 is 34.4 Å². The van der Waals surface area contributed by atoms with E-state index in [0.717, 1.165) is 70.8 Å². The quantitative estimate of drug-likeness (QED) is 0.0956. The molecule has 2 heterocycles. The van der Waals surface area contributed by atoms with Crippen molar-refractivity contribution in [1.29, 1.82) is 0 Å². The van der Waals surface area contributed by atoms with Crippen molar-refractivity contribution in [1.82, 2.24) is 9.97 Å². The van der Waals surface area contributed by atoms with Crippen LogP contribution in [0.2, 0.25) is 0 Å². The van der Waals surface area contributed by atoms with Crippen molar-refractivity contribution >= 4 is 38.6 Å². The summed E-state index contributed by atoms with van der Waals surface area (Å²) in [6.07, 6.45) is 7.66. The Morgan fingerprint density at radius 1 is 0.900 bits per heavy atom. The molecule has 2 aromatic heterocycles. The SMILES string of the molecule is CC(C)(C)c1cc(-c2ncnc3c2oc2c4c(ccc23)C(C)(C)CC4(C)C)[c-]c2ccccc12.CCC(CC)C(=O)/C=C(\O)C(CC)CC.[Ir]. The molecule has 1 aliphatic carbocycles. The number of ketones is 1. The molecule has 6 heteroatoms. The van der Waals surface area contributed by atoms with Crippen LogP contribution in [-0.2, 0) is 41.1 Å². The summed E-state index contributed by atoms with van der Waals surface area (Å²) in [4.78, 5) is 21.1. The zero-order valence-corrected chi connectivity index (χ0v) is 34.3. The first-order valence-electron chi connectivity index (χ1n) is 18.2. The summed E-state index contributed by atoms with van der Waals surface area (Å²) in [6.45, 7) is 24.1. The Hall–Kier alpha value is -3.34. The van der Waals surface area contributed by atoms with Gasteiger partial charge in [0.25, 0.3) is 0 Å². The number of aromatic nitrogens is 2. The molecule has 0 saturated heterocycles. The Kier molecular flexibility index (Phi) is 11.9. The zero-order chi connectivity index (χ0) is 35.9. The summed E-state index contributed by atoms with van der Waals surface area (Å²) in [5.41, 5.74) is 8.46. The fourth-order valence-electron chi connectivity index (χ4n) is 8.11. The number of furan rings is 1. The molecule has 0 fully saturated rings. The van der Waals surface area contributed by atoms with Crippen LogP contribution < -0.4 is 0 Å². The topological polar surface area (TPSA) is 76.2 Å². The van der Waals surface area contributed by atoms with E-state index in [4.69, 9.17) is 9.40 Å². The molecule has 0 atom stereocenters. The van der Waals surface area contributed by atoms with Gasteiger partial charge in [0.2, 0.25) is 0 Å². The minimum absolute atomic E-state index is 0. The Bertz CT molecular complexity index is 2020. The molecule has 0 unspecified atom stereocenters. The predicted molar refractivity (Wildman–Crippen MR) is 204 cm³/mol. The van der Waals surface area contributed by atoms with E-state index in [2.05, 4.69) is 102 Å². The van der Waals surface area contributed by atoms with Crippen LogP contribution in [-0.4, -0.2) is 20.9 Å². The van der Waals surface area contributed by atoms with Crippen molar-refractivity contribution in [2.45, 2.75) is 125 Å². The molecule has 1 aliphatic rings. The average molecular weight is 852 g/mol. The third-order valence-corrected chi connectivity index (χ3v) is 10.6. The number of aliphatic hydroxyl groups excluding tert-OH is 1. The largest absolute Gasteiger partial charge is 0.512 e. The van der Waals surface area contributed by atoms with E-state index < -0.39 is 0 Å². The standard InChI is InChI=1S/C31H31N2O.C13H24O2.Ir/c1-29(2,3)23-15-19(14-18-10-8-9-11-20(18)23)25-28-26(33-17-32-25)21-12-13-22-24(27(21)34-28)31(6,7)16-30(22,4)5;1-5-10(6-2)12(14)9-13(15)11(7-3)8-4;/h8-13,15,17H,16H2,1-7H3;9-11,14H,5-8H2,1-4H3;/q-1;;/b;12-9-;. The van der Waals surface area contributed by atoms with E-state index in [1.165, 1.54) is 28.2 Å². The third kappa shape index (κ3) is 7.48. The molecule has 5 aromatic rings.